The molecule has 4 aliphatic rings. The second-order valence-corrected chi connectivity index (χ2v) is 7.07. The number of hydrogen-bond donors (Lipinski definition) is 1. The zero-order valence-corrected chi connectivity index (χ0v) is 13.5. The van der Waals surface area contributed by atoms with Crippen molar-refractivity contribution in [3.63, 3.8) is 0 Å². The van der Waals surface area contributed by atoms with E-state index in [0.29, 0.717) is 17.9 Å². The number of anilines is 2. The molecule has 1 aromatic carbocycles. The molecule has 4 nitrogen and oxygen atoms in total. The fourth-order valence-corrected chi connectivity index (χ4v) is 4.24. The smallest absolute Gasteiger partial charge is 0.136 e. The first-order valence-corrected chi connectivity index (χ1v) is 8.75. The minimum atomic E-state index is 0.475. The molecule has 23 heavy (non-hydrogen) atoms. The molecule has 0 unspecified atom stereocenters. The largest absolute Gasteiger partial charge is 0.373 e. The van der Waals surface area contributed by atoms with Crippen molar-refractivity contribution in [3.8, 4) is 0 Å². The van der Waals surface area contributed by atoms with Gasteiger partial charge in [-0.1, -0.05) is 24.3 Å². The van der Waals surface area contributed by atoms with E-state index in [1.165, 1.54) is 31.2 Å². The second-order valence-electron chi connectivity index (χ2n) is 7.07. The molecule has 3 heterocycles. The molecule has 1 N–H and O–H groups in total. The summed E-state index contributed by atoms with van der Waals surface area (Å²) in [5.74, 6) is 4.31. The van der Waals surface area contributed by atoms with Gasteiger partial charge in [-0.05, 0) is 36.8 Å². The first-order valence-electron chi connectivity index (χ1n) is 8.75. The third kappa shape index (κ3) is 2.12. The summed E-state index contributed by atoms with van der Waals surface area (Å²) in [6.07, 6.45) is 5.01. The molecular weight excluding hydrogens is 284 g/mol. The summed E-state index contributed by atoms with van der Waals surface area (Å²) >= 11 is 0. The Morgan fingerprint density at radius 1 is 1.00 bits per heavy atom. The van der Waals surface area contributed by atoms with Crippen LogP contribution in [0, 0.1) is 0 Å². The third-order valence-corrected chi connectivity index (χ3v) is 5.60. The van der Waals surface area contributed by atoms with Crippen LogP contribution in [0.4, 0.5) is 11.6 Å². The number of fused-ring (bicyclic) bond motifs is 2. The van der Waals surface area contributed by atoms with Gasteiger partial charge in [0.1, 0.15) is 17.5 Å². The SMILES string of the molecule is CNc1cc(N2C[C@H]3CC[C@H]2c2ccccc23)nc(C2CC2)n1. The van der Waals surface area contributed by atoms with Gasteiger partial charge in [-0.25, -0.2) is 9.97 Å². The molecule has 1 saturated heterocycles. The number of nitrogens with one attached hydrogen (secondary N) is 1. The van der Waals surface area contributed by atoms with E-state index < -0.39 is 0 Å². The summed E-state index contributed by atoms with van der Waals surface area (Å²) in [6, 6.07) is 11.6. The highest BCUT2D eigenvalue weighted by atomic mass is 15.2. The number of rotatable bonds is 3. The average molecular weight is 306 g/mol. The Balaban J connectivity index is 1.57. The Labute approximate surface area is 137 Å². The van der Waals surface area contributed by atoms with Crippen molar-refractivity contribution < 1.29 is 0 Å². The van der Waals surface area contributed by atoms with Gasteiger partial charge in [0, 0.05) is 31.5 Å². The Morgan fingerprint density at radius 2 is 1.78 bits per heavy atom. The van der Waals surface area contributed by atoms with Crippen LogP contribution < -0.4 is 10.2 Å². The van der Waals surface area contributed by atoms with Gasteiger partial charge in [0.25, 0.3) is 0 Å². The molecule has 1 aromatic heterocycles. The van der Waals surface area contributed by atoms with Crippen LogP contribution in [-0.2, 0) is 0 Å². The summed E-state index contributed by atoms with van der Waals surface area (Å²) in [4.78, 5) is 12.1. The number of aromatic nitrogens is 2. The highest BCUT2D eigenvalue weighted by molar-refractivity contribution is 5.55. The van der Waals surface area contributed by atoms with Gasteiger partial charge in [0.15, 0.2) is 0 Å². The van der Waals surface area contributed by atoms with E-state index in [2.05, 4.69) is 45.5 Å². The molecule has 1 saturated carbocycles. The van der Waals surface area contributed by atoms with Crippen LogP contribution in [0.5, 0.6) is 0 Å². The van der Waals surface area contributed by atoms with Gasteiger partial charge in [0.2, 0.25) is 0 Å². The molecule has 0 spiro atoms. The molecule has 2 atom stereocenters. The lowest BCUT2D eigenvalue weighted by atomic mass is 9.75. The minimum Gasteiger partial charge on any atom is -0.373 e. The second kappa shape index (κ2) is 4.95. The van der Waals surface area contributed by atoms with Gasteiger partial charge >= 0.3 is 0 Å². The van der Waals surface area contributed by atoms with E-state index in [4.69, 9.17) is 4.98 Å². The zero-order valence-electron chi connectivity index (χ0n) is 13.5. The fourth-order valence-electron chi connectivity index (χ4n) is 4.24. The quantitative estimate of drug-likeness (QED) is 0.935. The van der Waals surface area contributed by atoms with Crippen LogP contribution in [0.2, 0.25) is 0 Å². The van der Waals surface area contributed by atoms with Crippen LogP contribution in [0.3, 0.4) is 0 Å². The van der Waals surface area contributed by atoms with Crippen molar-refractivity contribution in [1.82, 2.24) is 9.97 Å². The lowest BCUT2D eigenvalue weighted by molar-refractivity contribution is 0.387. The molecular formula is C19H22N4. The Hall–Kier alpha value is -2.10. The molecule has 4 heteroatoms. The maximum Gasteiger partial charge on any atom is 0.136 e. The number of hydrogen-bond acceptors (Lipinski definition) is 4. The molecule has 2 aromatic rings. The highest BCUT2D eigenvalue weighted by Gasteiger charge is 2.39. The van der Waals surface area contributed by atoms with Crippen LogP contribution in [-0.4, -0.2) is 23.6 Å². The van der Waals surface area contributed by atoms with Crippen LogP contribution in [0.15, 0.2) is 30.3 Å². The summed E-state index contributed by atoms with van der Waals surface area (Å²) in [5.41, 5.74) is 3.07. The Bertz CT molecular complexity index is 753. The van der Waals surface area contributed by atoms with Crippen LogP contribution >= 0.6 is 0 Å². The summed E-state index contributed by atoms with van der Waals surface area (Å²) in [7, 11) is 1.94. The summed E-state index contributed by atoms with van der Waals surface area (Å²) in [6.45, 7) is 1.09. The lowest BCUT2D eigenvalue weighted by Crippen LogP contribution is -2.43. The highest BCUT2D eigenvalue weighted by Crippen LogP contribution is 2.48. The predicted molar refractivity (Wildman–Crippen MR) is 92.1 cm³/mol. The van der Waals surface area contributed by atoms with E-state index in [-0.39, 0.29) is 0 Å². The van der Waals surface area contributed by atoms with Crippen molar-refractivity contribution in [2.45, 2.75) is 43.6 Å². The summed E-state index contributed by atoms with van der Waals surface area (Å²) < 4.78 is 0. The maximum atomic E-state index is 4.93. The van der Waals surface area contributed by atoms with Crippen molar-refractivity contribution >= 4 is 11.6 Å². The summed E-state index contributed by atoms with van der Waals surface area (Å²) in [5, 5.41) is 3.21. The van der Waals surface area contributed by atoms with Gasteiger partial charge in [-0.15, -0.1) is 0 Å². The van der Waals surface area contributed by atoms with Crippen LogP contribution in [0.25, 0.3) is 0 Å². The van der Waals surface area contributed by atoms with Crippen LogP contribution in [0.1, 0.15) is 60.5 Å². The standard InChI is InChI=1S/C19H22N4/c1-20-17-10-18(22-19(21-17)12-6-7-12)23-11-13-8-9-16(23)15-5-3-2-4-14(13)15/h2-5,10,12-13,16H,6-9,11H2,1H3,(H,20,21,22)/t13-,16+/m1/s1. The van der Waals surface area contributed by atoms with Gasteiger partial charge in [0.05, 0.1) is 6.04 Å². The number of nitrogens with zero attached hydrogens (tertiary/aromatic N) is 3. The predicted octanol–water partition coefficient (Wildman–Crippen LogP) is 3.83. The average Bonchev–Trinajstić information content (AvgIpc) is 3.47. The molecule has 0 radical (unpaired) electrons. The molecule has 2 aliphatic heterocycles. The van der Waals surface area contributed by atoms with E-state index in [0.717, 1.165) is 24.0 Å². The molecule has 2 fully saturated rings. The van der Waals surface area contributed by atoms with Gasteiger partial charge in [-0.3, -0.25) is 0 Å². The third-order valence-electron chi connectivity index (χ3n) is 5.60. The van der Waals surface area contributed by atoms with Crippen molar-refractivity contribution in [1.29, 1.82) is 0 Å². The first kappa shape index (κ1) is 13.3. The molecule has 6 rings (SSSR count). The van der Waals surface area contributed by atoms with E-state index >= 15 is 0 Å². The number of benzene rings is 1. The zero-order chi connectivity index (χ0) is 15.4. The number of piperidine rings is 1. The maximum absolute atomic E-state index is 4.93. The van der Waals surface area contributed by atoms with Gasteiger partial charge in [-0.2, -0.15) is 0 Å². The van der Waals surface area contributed by atoms with Crippen molar-refractivity contribution in [3.05, 3.63) is 47.3 Å². The van der Waals surface area contributed by atoms with E-state index in [9.17, 15) is 0 Å². The Morgan fingerprint density at radius 3 is 2.57 bits per heavy atom. The van der Waals surface area contributed by atoms with Gasteiger partial charge < -0.3 is 10.2 Å². The van der Waals surface area contributed by atoms with Crippen molar-refractivity contribution in [2.75, 3.05) is 23.8 Å². The monoisotopic (exact) mass is 306 g/mol. The molecule has 0 amide bonds. The van der Waals surface area contributed by atoms with Crippen molar-refractivity contribution in [2.24, 2.45) is 0 Å². The fraction of sp³-hybridized carbons (Fsp3) is 0.474. The Kier molecular flexibility index (Phi) is 2.87. The first-order chi connectivity index (χ1) is 11.3. The molecule has 2 bridgehead atoms. The molecule has 2 aliphatic carbocycles. The minimum absolute atomic E-state index is 0.475. The van der Waals surface area contributed by atoms with E-state index in [1.54, 1.807) is 5.56 Å². The molecule has 118 valence electrons. The lowest BCUT2D eigenvalue weighted by Gasteiger charge is -2.47. The van der Waals surface area contributed by atoms with E-state index in [1.807, 2.05) is 7.05 Å². The normalized spacial score (nSPS) is 25.3. The topological polar surface area (TPSA) is 41.0 Å².